The summed E-state index contributed by atoms with van der Waals surface area (Å²) < 4.78 is 0. The summed E-state index contributed by atoms with van der Waals surface area (Å²) in [6.45, 7) is 13.4. The van der Waals surface area contributed by atoms with Gasteiger partial charge in [0.05, 0.1) is 22.5 Å². The number of benzene rings is 6. The lowest BCUT2D eigenvalue weighted by atomic mass is 9.67. The molecule has 282 valence electrons. The molecule has 0 atom stereocenters. The molecule has 10 rings (SSSR count). The molecule has 0 fully saturated rings. The Kier molecular flexibility index (Phi) is 8.44. The van der Waals surface area contributed by atoms with Crippen molar-refractivity contribution in [3.05, 3.63) is 197 Å². The molecule has 2 aliphatic rings. The second-order valence-electron chi connectivity index (χ2n) is 17.6. The summed E-state index contributed by atoms with van der Waals surface area (Å²) in [4.78, 5) is 18.5. The quantitative estimate of drug-likeness (QED) is 0.179. The van der Waals surface area contributed by atoms with Crippen molar-refractivity contribution in [3.8, 4) is 56.2 Å². The van der Waals surface area contributed by atoms with Gasteiger partial charge in [0, 0.05) is 48.6 Å². The first-order valence-corrected chi connectivity index (χ1v) is 21.0. The van der Waals surface area contributed by atoms with E-state index in [0.717, 1.165) is 56.4 Å². The number of hydrogen-bond donors (Lipinski definition) is 0. The van der Waals surface area contributed by atoms with Crippen LogP contribution in [0.15, 0.2) is 174 Å². The van der Waals surface area contributed by atoms with Gasteiger partial charge in [0.1, 0.15) is 0 Å². The molecule has 8 aromatic rings. The molecule has 3 heterocycles. The maximum atomic E-state index is 5.43. The van der Waals surface area contributed by atoms with Crippen LogP contribution in [0, 0.1) is 0 Å². The Morgan fingerprint density at radius 2 is 0.948 bits per heavy atom. The summed E-state index contributed by atoms with van der Waals surface area (Å²) in [5.41, 5.74) is 16.6. The maximum absolute atomic E-state index is 5.43. The minimum Gasteiger partial charge on any atom is -0.256 e. The van der Waals surface area contributed by atoms with Crippen LogP contribution < -0.4 is 0 Å². The second-order valence-corrected chi connectivity index (χ2v) is 18.7. The lowest BCUT2D eigenvalue weighted by molar-refractivity contribution is 0.532. The SMILES string of the molecule is CC(C)(C)c1ccc(-c2ccc(-c3cc(-c4ccccc4)nc(-c4cccc5c4Sc4ccccc4C54c5ccccc5-c5ccccc54)n3)cc2)c(C(C)(C)C)n1. The maximum Gasteiger partial charge on any atom is 0.161 e. The van der Waals surface area contributed by atoms with E-state index in [2.05, 4.69) is 205 Å². The normalized spacial score (nSPS) is 13.8. The molecule has 1 spiro atoms. The van der Waals surface area contributed by atoms with Gasteiger partial charge < -0.3 is 0 Å². The number of pyridine rings is 1. The smallest absolute Gasteiger partial charge is 0.161 e. The van der Waals surface area contributed by atoms with Crippen molar-refractivity contribution in [1.82, 2.24) is 15.0 Å². The van der Waals surface area contributed by atoms with E-state index < -0.39 is 5.41 Å². The van der Waals surface area contributed by atoms with Crippen LogP contribution in [0.3, 0.4) is 0 Å². The molecule has 0 amide bonds. The van der Waals surface area contributed by atoms with Gasteiger partial charge in [0.15, 0.2) is 5.82 Å². The highest BCUT2D eigenvalue weighted by Crippen LogP contribution is 2.63. The van der Waals surface area contributed by atoms with Gasteiger partial charge in [0.2, 0.25) is 0 Å². The zero-order valence-corrected chi connectivity index (χ0v) is 34.7. The van der Waals surface area contributed by atoms with E-state index in [4.69, 9.17) is 15.0 Å². The van der Waals surface area contributed by atoms with Crippen LogP contribution >= 0.6 is 11.8 Å². The number of nitrogens with zero attached hydrogens (tertiary/aromatic N) is 3. The van der Waals surface area contributed by atoms with Gasteiger partial charge in [-0.25, -0.2) is 9.97 Å². The van der Waals surface area contributed by atoms with Crippen LogP contribution in [-0.2, 0) is 16.2 Å². The average Bonchev–Trinajstić information content (AvgIpc) is 3.53. The van der Waals surface area contributed by atoms with Crippen molar-refractivity contribution in [2.24, 2.45) is 0 Å². The van der Waals surface area contributed by atoms with Crippen LogP contribution in [0.4, 0.5) is 0 Å². The number of rotatable bonds is 4. The summed E-state index contributed by atoms with van der Waals surface area (Å²) in [7, 11) is 0. The monoisotopic (exact) mass is 767 g/mol. The van der Waals surface area contributed by atoms with Gasteiger partial charge in [-0.05, 0) is 57.1 Å². The molecule has 0 unspecified atom stereocenters. The molecule has 0 saturated heterocycles. The van der Waals surface area contributed by atoms with Crippen LogP contribution in [-0.4, -0.2) is 15.0 Å². The Hall–Kier alpha value is -6.10. The van der Waals surface area contributed by atoms with Gasteiger partial charge in [0.25, 0.3) is 0 Å². The Balaban J connectivity index is 1.15. The van der Waals surface area contributed by atoms with Gasteiger partial charge >= 0.3 is 0 Å². The van der Waals surface area contributed by atoms with Gasteiger partial charge in [-0.2, -0.15) is 0 Å². The lowest BCUT2D eigenvalue weighted by Crippen LogP contribution is -2.32. The molecule has 3 nitrogen and oxygen atoms in total. The van der Waals surface area contributed by atoms with Crippen LogP contribution in [0.1, 0.15) is 75.2 Å². The zero-order chi connectivity index (χ0) is 39.8. The Bertz CT molecular complexity index is 2830. The fourth-order valence-corrected chi connectivity index (χ4v) is 10.3. The minimum absolute atomic E-state index is 0.0316. The van der Waals surface area contributed by atoms with Crippen molar-refractivity contribution < 1.29 is 0 Å². The molecule has 1 aliphatic carbocycles. The van der Waals surface area contributed by atoms with Gasteiger partial charge in [-0.1, -0.05) is 199 Å². The molecule has 0 N–H and O–H groups in total. The van der Waals surface area contributed by atoms with E-state index in [0.29, 0.717) is 0 Å². The van der Waals surface area contributed by atoms with E-state index >= 15 is 0 Å². The molecule has 0 bridgehead atoms. The van der Waals surface area contributed by atoms with Gasteiger partial charge in [-0.3, -0.25) is 4.98 Å². The highest BCUT2D eigenvalue weighted by molar-refractivity contribution is 7.99. The standard InChI is InChI=1S/C54H45N3S/c1-52(2,3)48-32-31-37(50(57-48)53(4,5)6)34-27-29-36(30-28-34)46-33-45(35-17-8-7-9-18-35)55-51(56-46)40-21-16-25-44-49(40)58-47-26-15-14-24-43(47)54(44)41-22-12-10-19-38(41)39-20-11-13-23-42(39)54/h7-33H,1-6H3. The van der Waals surface area contributed by atoms with E-state index in [1.165, 1.54) is 43.2 Å². The summed E-state index contributed by atoms with van der Waals surface area (Å²) in [5, 5.41) is 0. The molecule has 0 saturated carbocycles. The fraction of sp³-hybridized carbons (Fsp3) is 0.167. The first-order valence-electron chi connectivity index (χ1n) is 20.2. The van der Waals surface area contributed by atoms with Crippen molar-refractivity contribution in [2.75, 3.05) is 0 Å². The predicted molar refractivity (Wildman–Crippen MR) is 240 cm³/mol. The average molecular weight is 768 g/mol. The van der Waals surface area contributed by atoms with Crippen LogP contribution in [0.2, 0.25) is 0 Å². The summed E-state index contributed by atoms with van der Waals surface area (Å²) >= 11 is 1.84. The summed E-state index contributed by atoms with van der Waals surface area (Å²) in [6.07, 6.45) is 0. The van der Waals surface area contributed by atoms with Crippen LogP contribution in [0.5, 0.6) is 0 Å². The predicted octanol–water partition coefficient (Wildman–Crippen LogP) is 14.0. The summed E-state index contributed by atoms with van der Waals surface area (Å²) in [5.74, 6) is 0.718. The number of fused-ring (bicyclic) bond motifs is 9. The zero-order valence-electron chi connectivity index (χ0n) is 33.8. The molecule has 1 aliphatic heterocycles. The Labute approximate surface area is 346 Å². The van der Waals surface area contributed by atoms with E-state index in [-0.39, 0.29) is 10.8 Å². The highest BCUT2D eigenvalue weighted by Gasteiger charge is 2.50. The van der Waals surface area contributed by atoms with Gasteiger partial charge in [-0.15, -0.1) is 0 Å². The molecule has 6 aromatic carbocycles. The van der Waals surface area contributed by atoms with Crippen molar-refractivity contribution in [2.45, 2.75) is 67.6 Å². The lowest BCUT2D eigenvalue weighted by Gasteiger charge is -2.40. The Morgan fingerprint density at radius 3 is 1.59 bits per heavy atom. The van der Waals surface area contributed by atoms with E-state index in [1.54, 1.807) is 0 Å². The minimum atomic E-state index is -0.470. The van der Waals surface area contributed by atoms with Crippen molar-refractivity contribution in [1.29, 1.82) is 0 Å². The van der Waals surface area contributed by atoms with Crippen molar-refractivity contribution >= 4 is 11.8 Å². The molecule has 58 heavy (non-hydrogen) atoms. The molecular formula is C54H45N3S. The largest absolute Gasteiger partial charge is 0.256 e. The molecule has 0 radical (unpaired) electrons. The first kappa shape index (κ1) is 36.3. The van der Waals surface area contributed by atoms with E-state index in [1.807, 2.05) is 11.8 Å². The first-order chi connectivity index (χ1) is 28.0. The molecule has 4 heteroatoms. The Morgan fingerprint density at radius 1 is 0.414 bits per heavy atom. The number of aromatic nitrogens is 3. The number of hydrogen-bond acceptors (Lipinski definition) is 4. The van der Waals surface area contributed by atoms with E-state index in [9.17, 15) is 0 Å². The summed E-state index contributed by atoms with van der Waals surface area (Å²) in [6, 6.07) is 59.5. The topological polar surface area (TPSA) is 38.7 Å². The third kappa shape index (κ3) is 5.76. The third-order valence-electron chi connectivity index (χ3n) is 11.8. The highest BCUT2D eigenvalue weighted by atomic mass is 32.2. The molecule has 2 aromatic heterocycles. The van der Waals surface area contributed by atoms with Crippen molar-refractivity contribution in [3.63, 3.8) is 0 Å². The third-order valence-corrected chi connectivity index (χ3v) is 13.0. The van der Waals surface area contributed by atoms with Crippen LogP contribution in [0.25, 0.3) is 56.2 Å². The second kappa shape index (κ2) is 13.5. The fourth-order valence-electron chi connectivity index (χ4n) is 9.03. The molecular weight excluding hydrogens is 723 g/mol.